The van der Waals surface area contributed by atoms with E-state index in [1.807, 2.05) is 67.9 Å². The van der Waals surface area contributed by atoms with Crippen molar-refractivity contribution in [2.45, 2.75) is 25.0 Å². The number of rotatable bonds is 8. The lowest BCUT2D eigenvalue weighted by atomic mass is 10.0. The highest BCUT2D eigenvalue weighted by Gasteiger charge is 2.25. The molecule has 2 amide bonds. The number of amides is 2. The Bertz CT molecular complexity index is 1040. The standard InChI is InChI=1S/C22H24IN5O2S/c1-14(2)19(25-21(30)15-7-5-4-6-8-15)20-26-27-22(28(20)3)31-13-18(29)24-17-11-9-16(23)10-12-17/h4-12,14,19H,13H2,1-3H3,(H,24,29)(H,25,30)/t19-/m1/s1. The Morgan fingerprint density at radius 2 is 1.74 bits per heavy atom. The quantitative estimate of drug-likeness (QED) is 0.324. The van der Waals surface area contributed by atoms with E-state index < -0.39 is 0 Å². The number of nitrogens with one attached hydrogen (secondary N) is 2. The molecular formula is C22H24IN5O2S. The molecule has 1 atom stereocenters. The predicted octanol–water partition coefficient (Wildman–Crippen LogP) is 4.28. The maximum atomic E-state index is 12.6. The van der Waals surface area contributed by atoms with Crippen LogP contribution in [-0.4, -0.2) is 32.3 Å². The van der Waals surface area contributed by atoms with Crippen LogP contribution in [0.4, 0.5) is 5.69 Å². The molecule has 31 heavy (non-hydrogen) atoms. The SMILES string of the molecule is CC(C)[C@@H](NC(=O)c1ccccc1)c1nnc(SCC(=O)Nc2ccc(I)cc2)n1C. The largest absolute Gasteiger partial charge is 0.342 e. The highest BCUT2D eigenvalue weighted by molar-refractivity contribution is 14.1. The maximum Gasteiger partial charge on any atom is 0.251 e. The van der Waals surface area contributed by atoms with Gasteiger partial charge in [0.2, 0.25) is 5.91 Å². The van der Waals surface area contributed by atoms with Gasteiger partial charge in [0.25, 0.3) is 5.91 Å². The second-order valence-electron chi connectivity index (χ2n) is 7.30. The van der Waals surface area contributed by atoms with Gasteiger partial charge in [-0.1, -0.05) is 43.8 Å². The first-order valence-corrected chi connectivity index (χ1v) is 11.8. The summed E-state index contributed by atoms with van der Waals surface area (Å²) in [5.74, 6) is 0.695. The zero-order valence-corrected chi connectivity index (χ0v) is 20.5. The molecule has 162 valence electrons. The molecule has 0 bridgehead atoms. The minimum absolute atomic E-state index is 0.109. The first-order chi connectivity index (χ1) is 14.8. The normalized spacial score (nSPS) is 11.9. The van der Waals surface area contributed by atoms with E-state index in [1.165, 1.54) is 11.8 Å². The Balaban J connectivity index is 1.64. The predicted molar refractivity (Wildman–Crippen MR) is 131 cm³/mol. The van der Waals surface area contributed by atoms with E-state index in [0.29, 0.717) is 16.5 Å². The van der Waals surface area contributed by atoms with Crippen molar-refractivity contribution in [3.63, 3.8) is 0 Å². The number of thioether (sulfide) groups is 1. The van der Waals surface area contributed by atoms with Crippen LogP contribution in [-0.2, 0) is 11.8 Å². The molecular weight excluding hydrogens is 525 g/mol. The van der Waals surface area contributed by atoms with Crippen LogP contribution in [0.3, 0.4) is 0 Å². The first-order valence-electron chi connectivity index (χ1n) is 9.78. The van der Waals surface area contributed by atoms with Crippen LogP contribution in [0, 0.1) is 9.49 Å². The van der Waals surface area contributed by atoms with E-state index >= 15 is 0 Å². The van der Waals surface area contributed by atoms with Gasteiger partial charge in [-0.25, -0.2) is 0 Å². The van der Waals surface area contributed by atoms with E-state index in [9.17, 15) is 9.59 Å². The lowest BCUT2D eigenvalue weighted by molar-refractivity contribution is -0.113. The van der Waals surface area contributed by atoms with Crippen LogP contribution in [0.5, 0.6) is 0 Å². The second-order valence-corrected chi connectivity index (χ2v) is 9.49. The number of hydrogen-bond donors (Lipinski definition) is 2. The van der Waals surface area contributed by atoms with E-state index in [-0.39, 0.29) is 29.5 Å². The van der Waals surface area contributed by atoms with Gasteiger partial charge in [0.05, 0.1) is 11.8 Å². The maximum absolute atomic E-state index is 12.6. The number of halogens is 1. The molecule has 2 N–H and O–H groups in total. The molecule has 0 saturated carbocycles. The Kier molecular flexibility index (Phi) is 8.08. The van der Waals surface area contributed by atoms with Crippen LogP contribution in [0.1, 0.15) is 36.1 Å². The monoisotopic (exact) mass is 549 g/mol. The van der Waals surface area contributed by atoms with Crippen molar-refractivity contribution in [1.29, 1.82) is 0 Å². The van der Waals surface area contributed by atoms with Gasteiger partial charge in [-0.05, 0) is 64.9 Å². The van der Waals surface area contributed by atoms with Gasteiger partial charge in [0.15, 0.2) is 11.0 Å². The lowest BCUT2D eigenvalue weighted by Crippen LogP contribution is -2.33. The molecule has 0 spiro atoms. The molecule has 7 nitrogen and oxygen atoms in total. The van der Waals surface area contributed by atoms with Crippen LogP contribution in [0.25, 0.3) is 0 Å². The minimum atomic E-state index is -0.305. The summed E-state index contributed by atoms with van der Waals surface area (Å²) in [4.78, 5) is 24.9. The average Bonchev–Trinajstić information content (AvgIpc) is 3.12. The number of benzene rings is 2. The Morgan fingerprint density at radius 1 is 1.06 bits per heavy atom. The summed E-state index contributed by atoms with van der Waals surface area (Å²) in [6.07, 6.45) is 0. The Hall–Kier alpha value is -2.40. The van der Waals surface area contributed by atoms with Crippen molar-refractivity contribution < 1.29 is 9.59 Å². The number of carbonyl (C=O) groups is 2. The van der Waals surface area contributed by atoms with Crippen molar-refractivity contribution in [3.05, 3.63) is 69.6 Å². The van der Waals surface area contributed by atoms with E-state index in [0.717, 1.165) is 9.26 Å². The topological polar surface area (TPSA) is 88.9 Å². The minimum Gasteiger partial charge on any atom is -0.342 e. The highest BCUT2D eigenvalue weighted by atomic mass is 127. The van der Waals surface area contributed by atoms with Gasteiger partial charge in [0.1, 0.15) is 0 Å². The fraction of sp³-hybridized carbons (Fsp3) is 0.273. The third-order valence-corrected chi connectivity index (χ3v) is 6.34. The molecule has 3 rings (SSSR count). The van der Waals surface area contributed by atoms with E-state index in [1.54, 1.807) is 12.1 Å². The van der Waals surface area contributed by atoms with Crippen molar-refractivity contribution in [1.82, 2.24) is 20.1 Å². The highest BCUT2D eigenvalue weighted by Crippen LogP contribution is 2.24. The molecule has 0 aliphatic heterocycles. The Labute approximate surface area is 199 Å². The molecule has 0 aliphatic rings. The zero-order valence-electron chi connectivity index (χ0n) is 17.5. The molecule has 0 saturated heterocycles. The molecule has 2 aromatic carbocycles. The van der Waals surface area contributed by atoms with Crippen LogP contribution in [0.15, 0.2) is 59.8 Å². The molecule has 3 aromatic rings. The lowest BCUT2D eigenvalue weighted by Gasteiger charge is -2.21. The number of aromatic nitrogens is 3. The Morgan fingerprint density at radius 3 is 2.39 bits per heavy atom. The first kappa shape index (κ1) is 23.3. The van der Waals surface area contributed by atoms with Crippen LogP contribution < -0.4 is 10.6 Å². The molecule has 0 unspecified atom stereocenters. The summed E-state index contributed by atoms with van der Waals surface area (Å²) >= 11 is 3.53. The van der Waals surface area contributed by atoms with Gasteiger partial charge in [-0.2, -0.15) is 0 Å². The molecule has 0 radical (unpaired) electrons. The van der Waals surface area contributed by atoms with Crippen molar-refractivity contribution >= 4 is 51.9 Å². The number of anilines is 1. The summed E-state index contributed by atoms with van der Waals surface area (Å²) in [6.45, 7) is 4.04. The van der Waals surface area contributed by atoms with Crippen molar-refractivity contribution in [2.24, 2.45) is 13.0 Å². The number of nitrogens with zero attached hydrogens (tertiary/aromatic N) is 3. The molecule has 1 heterocycles. The van der Waals surface area contributed by atoms with Gasteiger partial charge in [-0.15, -0.1) is 10.2 Å². The third-order valence-electron chi connectivity index (χ3n) is 4.60. The molecule has 1 aromatic heterocycles. The van der Waals surface area contributed by atoms with Gasteiger partial charge < -0.3 is 15.2 Å². The van der Waals surface area contributed by atoms with Crippen LogP contribution in [0.2, 0.25) is 0 Å². The summed E-state index contributed by atoms with van der Waals surface area (Å²) < 4.78 is 2.94. The smallest absolute Gasteiger partial charge is 0.251 e. The van der Waals surface area contributed by atoms with Crippen molar-refractivity contribution in [3.8, 4) is 0 Å². The van der Waals surface area contributed by atoms with E-state index in [2.05, 4.69) is 43.4 Å². The fourth-order valence-corrected chi connectivity index (χ4v) is 4.00. The number of carbonyl (C=O) groups excluding carboxylic acids is 2. The molecule has 9 heteroatoms. The summed E-state index contributed by atoms with van der Waals surface area (Å²) in [7, 11) is 1.85. The van der Waals surface area contributed by atoms with Gasteiger partial charge in [0, 0.05) is 21.9 Å². The fourth-order valence-electron chi connectivity index (χ4n) is 2.93. The molecule has 0 fully saturated rings. The van der Waals surface area contributed by atoms with E-state index in [4.69, 9.17) is 0 Å². The summed E-state index contributed by atoms with van der Waals surface area (Å²) in [5.41, 5.74) is 1.35. The molecule has 0 aliphatic carbocycles. The average molecular weight is 549 g/mol. The summed E-state index contributed by atoms with van der Waals surface area (Å²) in [6, 6.07) is 16.4. The summed E-state index contributed by atoms with van der Waals surface area (Å²) in [5, 5.41) is 15.1. The third kappa shape index (κ3) is 6.30. The second kappa shape index (κ2) is 10.8. The van der Waals surface area contributed by atoms with Crippen molar-refractivity contribution in [2.75, 3.05) is 11.1 Å². The zero-order chi connectivity index (χ0) is 22.4. The van der Waals surface area contributed by atoms with Crippen LogP contribution >= 0.6 is 34.4 Å². The number of hydrogen-bond acceptors (Lipinski definition) is 5. The van der Waals surface area contributed by atoms with Gasteiger partial charge >= 0.3 is 0 Å². The van der Waals surface area contributed by atoms with Gasteiger partial charge in [-0.3, -0.25) is 9.59 Å².